The molecule has 8 heteroatoms. The van der Waals surface area contributed by atoms with Gasteiger partial charge < -0.3 is 15.6 Å². The van der Waals surface area contributed by atoms with E-state index in [2.05, 4.69) is 23.6 Å². The highest BCUT2D eigenvalue weighted by molar-refractivity contribution is 5.64. The van der Waals surface area contributed by atoms with Crippen LogP contribution >= 0.6 is 0 Å². The van der Waals surface area contributed by atoms with Gasteiger partial charge in [-0.3, -0.25) is 4.68 Å². The number of hydrogen-bond donors (Lipinski definition) is 2. The quantitative estimate of drug-likeness (QED) is 0.804. The lowest BCUT2D eigenvalue weighted by Crippen LogP contribution is -2.10. The monoisotopic (exact) mass is 378 g/mol. The Morgan fingerprint density at radius 2 is 2.00 bits per heavy atom. The van der Waals surface area contributed by atoms with Gasteiger partial charge in [-0.05, 0) is 56.6 Å². The molecule has 2 heterocycles. The van der Waals surface area contributed by atoms with E-state index in [4.69, 9.17) is 10.8 Å². The van der Waals surface area contributed by atoms with E-state index in [1.54, 1.807) is 0 Å². The molecule has 0 saturated heterocycles. The summed E-state index contributed by atoms with van der Waals surface area (Å²) >= 11 is 0. The Morgan fingerprint density at radius 1 is 1.30 bits per heavy atom. The number of anilines is 1. The SMILES string of the molecule is CC(C)n1nc(-c2cnc(N)c(OC(F)F)c2)cc1[C@H]1[C@@H]2C[C@H](CO)C[C@@H]21. The van der Waals surface area contributed by atoms with E-state index in [1.165, 1.54) is 18.0 Å². The first kappa shape index (κ1) is 18.2. The molecule has 4 rings (SSSR count). The first-order valence-electron chi connectivity index (χ1n) is 9.30. The second-order valence-corrected chi connectivity index (χ2v) is 7.85. The third kappa shape index (κ3) is 3.26. The number of aliphatic hydroxyl groups is 1. The van der Waals surface area contributed by atoms with Gasteiger partial charge in [0.15, 0.2) is 11.6 Å². The third-order valence-electron chi connectivity index (χ3n) is 5.79. The largest absolute Gasteiger partial charge is 0.431 e. The van der Waals surface area contributed by atoms with Crippen LogP contribution in [0.1, 0.15) is 44.3 Å². The molecule has 0 aromatic carbocycles. The molecule has 2 aliphatic rings. The highest BCUT2D eigenvalue weighted by Gasteiger charge is 2.57. The van der Waals surface area contributed by atoms with Gasteiger partial charge in [-0.2, -0.15) is 13.9 Å². The molecule has 4 atom stereocenters. The maximum absolute atomic E-state index is 12.6. The minimum atomic E-state index is -2.96. The van der Waals surface area contributed by atoms with E-state index in [-0.39, 0.29) is 24.2 Å². The van der Waals surface area contributed by atoms with Gasteiger partial charge in [-0.1, -0.05) is 0 Å². The molecule has 2 fully saturated rings. The van der Waals surface area contributed by atoms with Crippen molar-refractivity contribution in [1.29, 1.82) is 0 Å². The molecule has 2 aliphatic carbocycles. The summed E-state index contributed by atoms with van der Waals surface area (Å²) in [7, 11) is 0. The van der Waals surface area contributed by atoms with E-state index >= 15 is 0 Å². The number of ether oxygens (including phenoxy) is 1. The van der Waals surface area contributed by atoms with Crippen LogP contribution in [0.15, 0.2) is 18.3 Å². The second kappa shape index (κ2) is 6.74. The number of alkyl halides is 2. The van der Waals surface area contributed by atoms with Crippen molar-refractivity contribution >= 4 is 5.82 Å². The second-order valence-electron chi connectivity index (χ2n) is 7.85. The molecule has 6 nitrogen and oxygen atoms in total. The van der Waals surface area contributed by atoms with E-state index in [0.717, 1.165) is 12.8 Å². The van der Waals surface area contributed by atoms with Crippen LogP contribution in [-0.4, -0.2) is 33.1 Å². The van der Waals surface area contributed by atoms with Crippen LogP contribution in [0, 0.1) is 17.8 Å². The van der Waals surface area contributed by atoms with Gasteiger partial charge in [-0.15, -0.1) is 0 Å². The van der Waals surface area contributed by atoms with E-state index in [9.17, 15) is 13.9 Å². The van der Waals surface area contributed by atoms with Crippen molar-refractivity contribution < 1.29 is 18.6 Å². The fourth-order valence-electron chi connectivity index (χ4n) is 4.54. The maximum Gasteiger partial charge on any atom is 0.387 e. The number of pyridine rings is 1. The van der Waals surface area contributed by atoms with Crippen molar-refractivity contribution in [2.75, 3.05) is 12.3 Å². The highest BCUT2D eigenvalue weighted by Crippen LogP contribution is 2.65. The minimum Gasteiger partial charge on any atom is -0.431 e. The maximum atomic E-state index is 12.6. The number of nitrogen functional groups attached to an aromatic ring is 1. The Kier molecular flexibility index (Phi) is 4.53. The number of fused-ring (bicyclic) bond motifs is 1. The molecule has 3 N–H and O–H groups in total. The fraction of sp³-hybridized carbons (Fsp3) is 0.579. The van der Waals surface area contributed by atoms with Crippen molar-refractivity contribution in [3.8, 4) is 17.0 Å². The zero-order valence-corrected chi connectivity index (χ0v) is 15.3. The van der Waals surface area contributed by atoms with Crippen molar-refractivity contribution in [3.63, 3.8) is 0 Å². The fourth-order valence-corrected chi connectivity index (χ4v) is 4.54. The van der Waals surface area contributed by atoms with Crippen LogP contribution in [-0.2, 0) is 0 Å². The van der Waals surface area contributed by atoms with Crippen molar-refractivity contribution in [3.05, 3.63) is 24.0 Å². The van der Waals surface area contributed by atoms with Crippen LogP contribution in [0.5, 0.6) is 5.75 Å². The number of halogens is 2. The average Bonchev–Trinajstić information content (AvgIpc) is 3.01. The normalized spacial score (nSPS) is 26.6. The van der Waals surface area contributed by atoms with Crippen molar-refractivity contribution in [2.24, 2.45) is 17.8 Å². The van der Waals surface area contributed by atoms with Gasteiger partial charge in [0, 0.05) is 36.0 Å². The van der Waals surface area contributed by atoms with Crippen LogP contribution in [0.2, 0.25) is 0 Å². The first-order valence-corrected chi connectivity index (χ1v) is 9.30. The molecular formula is C19H24F2N4O2. The summed E-state index contributed by atoms with van der Waals surface area (Å²) in [4.78, 5) is 3.97. The van der Waals surface area contributed by atoms with Gasteiger partial charge in [0.1, 0.15) is 0 Å². The zero-order valence-electron chi connectivity index (χ0n) is 15.3. The molecule has 0 amide bonds. The summed E-state index contributed by atoms with van der Waals surface area (Å²) in [5, 5.41) is 14.1. The summed E-state index contributed by atoms with van der Waals surface area (Å²) in [5.41, 5.74) is 8.07. The predicted octanol–water partition coefficient (Wildman–Crippen LogP) is 3.44. The molecule has 2 saturated carbocycles. The van der Waals surface area contributed by atoms with Gasteiger partial charge in [-0.25, -0.2) is 4.98 Å². The molecule has 0 radical (unpaired) electrons. The predicted molar refractivity (Wildman–Crippen MR) is 96.4 cm³/mol. The smallest absolute Gasteiger partial charge is 0.387 e. The molecule has 0 unspecified atom stereocenters. The lowest BCUT2D eigenvalue weighted by Gasteiger charge is -2.14. The topological polar surface area (TPSA) is 86.2 Å². The van der Waals surface area contributed by atoms with Crippen LogP contribution in [0.3, 0.4) is 0 Å². The Balaban J connectivity index is 1.64. The number of hydrogen-bond acceptors (Lipinski definition) is 5. The van der Waals surface area contributed by atoms with Gasteiger partial charge >= 0.3 is 6.61 Å². The molecule has 0 aliphatic heterocycles. The first-order chi connectivity index (χ1) is 12.9. The molecule has 2 aromatic rings. The van der Waals surface area contributed by atoms with Gasteiger partial charge in [0.25, 0.3) is 0 Å². The number of nitrogens with two attached hydrogens (primary N) is 1. The average molecular weight is 378 g/mol. The zero-order chi connectivity index (χ0) is 19.3. The molecule has 146 valence electrons. The Hall–Kier alpha value is -2.22. The summed E-state index contributed by atoms with van der Waals surface area (Å²) in [5.74, 6) is 1.86. The summed E-state index contributed by atoms with van der Waals surface area (Å²) in [6, 6.07) is 3.67. The molecular weight excluding hydrogens is 354 g/mol. The third-order valence-corrected chi connectivity index (χ3v) is 5.79. The van der Waals surface area contributed by atoms with Crippen LogP contribution in [0.25, 0.3) is 11.3 Å². The van der Waals surface area contributed by atoms with Crippen LogP contribution < -0.4 is 10.5 Å². The minimum absolute atomic E-state index is 0.0747. The Morgan fingerprint density at radius 3 is 2.59 bits per heavy atom. The summed E-state index contributed by atoms with van der Waals surface area (Å²) in [6.45, 7) is 1.44. The van der Waals surface area contributed by atoms with E-state index in [1.807, 2.05) is 10.7 Å². The number of aliphatic hydroxyl groups excluding tert-OH is 1. The van der Waals surface area contributed by atoms with Gasteiger partial charge in [0.2, 0.25) is 0 Å². The molecule has 27 heavy (non-hydrogen) atoms. The van der Waals surface area contributed by atoms with E-state index in [0.29, 0.717) is 34.9 Å². The lowest BCUT2D eigenvalue weighted by molar-refractivity contribution is -0.0494. The standard InChI is InChI=1S/C19H24F2N4O2/c1-9(2)25-15(17-12-3-10(8-26)4-13(12)17)6-14(24-25)11-5-16(27-19(20)21)18(22)23-7-11/h5-7,9-10,12-13,17,19,26H,3-4,8H2,1-2H3,(H2,22,23)/t10-,12+,13-,17-. The molecule has 0 spiro atoms. The Labute approximate surface area is 156 Å². The van der Waals surface area contributed by atoms with Crippen molar-refractivity contribution in [1.82, 2.24) is 14.8 Å². The lowest BCUT2D eigenvalue weighted by atomic mass is 9.99. The summed E-state index contributed by atoms with van der Waals surface area (Å²) < 4.78 is 31.6. The highest BCUT2D eigenvalue weighted by atomic mass is 19.3. The van der Waals surface area contributed by atoms with Crippen molar-refractivity contribution in [2.45, 2.75) is 45.3 Å². The van der Waals surface area contributed by atoms with Gasteiger partial charge in [0.05, 0.1) is 5.69 Å². The molecule has 0 bridgehead atoms. The van der Waals surface area contributed by atoms with E-state index < -0.39 is 6.61 Å². The number of nitrogens with zero attached hydrogens (tertiary/aromatic N) is 3. The molecule has 2 aromatic heterocycles. The van der Waals surface area contributed by atoms with Crippen LogP contribution in [0.4, 0.5) is 14.6 Å². The Bertz CT molecular complexity index is 827. The summed E-state index contributed by atoms with van der Waals surface area (Å²) in [6.07, 6.45) is 3.64. The number of rotatable bonds is 6. The number of aromatic nitrogens is 3.